The summed E-state index contributed by atoms with van der Waals surface area (Å²) in [7, 11) is 2.05. The maximum absolute atomic E-state index is 13.3. The SMILES string of the molecule is CCN(CC)C(=O)[C@@H]1C=C2c3cccc4c3c(c(Br)n4C(=O)OC(C)OC(=O)C3CCOC3)C[C@H]2N(C)C1. The molecule has 0 spiro atoms. The normalized spacial score (nSPS) is 23.5. The Kier molecular flexibility index (Phi) is 7.66. The molecule has 0 bridgehead atoms. The van der Waals surface area contributed by atoms with E-state index in [1.54, 1.807) is 0 Å². The van der Waals surface area contributed by atoms with Crippen LogP contribution in [0.5, 0.6) is 0 Å². The van der Waals surface area contributed by atoms with E-state index in [-0.39, 0.29) is 23.8 Å². The molecule has 5 rings (SSSR count). The third kappa shape index (κ3) is 4.67. The van der Waals surface area contributed by atoms with Crippen LogP contribution in [0.2, 0.25) is 0 Å². The molecule has 2 aromatic rings. The second-order valence-electron chi connectivity index (χ2n) is 10.2. The van der Waals surface area contributed by atoms with Crippen LogP contribution in [-0.4, -0.2) is 84.6 Å². The number of hydrogen-bond donors (Lipinski definition) is 0. The molecule has 0 N–H and O–H groups in total. The van der Waals surface area contributed by atoms with Gasteiger partial charge in [-0.05, 0) is 72.4 Å². The third-order valence-corrected chi connectivity index (χ3v) is 8.72. The minimum Gasteiger partial charge on any atom is -0.425 e. The lowest BCUT2D eigenvalue weighted by molar-refractivity contribution is -0.169. The Morgan fingerprint density at radius 3 is 2.66 bits per heavy atom. The van der Waals surface area contributed by atoms with Gasteiger partial charge < -0.3 is 19.1 Å². The van der Waals surface area contributed by atoms with Gasteiger partial charge >= 0.3 is 12.1 Å². The van der Waals surface area contributed by atoms with Crippen LogP contribution in [-0.2, 0) is 30.2 Å². The third-order valence-electron chi connectivity index (χ3n) is 7.88. The van der Waals surface area contributed by atoms with Crippen molar-refractivity contribution in [1.82, 2.24) is 14.4 Å². The Labute approximate surface area is 230 Å². The monoisotopic (exact) mass is 587 g/mol. The first-order valence-electron chi connectivity index (χ1n) is 13.3. The summed E-state index contributed by atoms with van der Waals surface area (Å²) < 4.78 is 18.3. The lowest BCUT2D eigenvalue weighted by Gasteiger charge is -2.40. The van der Waals surface area contributed by atoms with E-state index in [2.05, 4.69) is 40.0 Å². The fourth-order valence-corrected chi connectivity index (χ4v) is 6.59. The molecule has 4 atom stereocenters. The summed E-state index contributed by atoms with van der Waals surface area (Å²) in [6.07, 6.45) is 1.75. The molecule has 1 aliphatic carbocycles. The number of ether oxygens (including phenoxy) is 3. The summed E-state index contributed by atoms with van der Waals surface area (Å²) in [4.78, 5) is 43.0. The average molecular weight is 588 g/mol. The molecule has 1 amide bonds. The van der Waals surface area contributed by atoms with Crippen LogP contribution in [0, 0.1) is 11.8 Å². The number of carbonyl (C=O) groups is 3. The van der Waals surface area contributed by atoms with Gasteiger partial charge in [0.05, 0.1) is 28.6 Å². The van der Waals surface area contributed by atoms with Crippen molar-refractivity contribution in [3.63, 3.8) is 0 Å². The van der Waals surface area contributed by atoms with E-state index in [0.717, 1.165) is 22.1 Å². The zero-order valence-corrected chi connectivity index (χ0v) is 23.8. The molecule has 2 unspecified atom stereocenters. The summed E-state index contributed by atoms with van der Waals surface area (Å²) in [5.41, 5.74) is 3.85. The number of likely N-dealkylation sites (N-methyl/N-ethyl adjacent to an activating group) is 1. The molecule has 1 aromatic heterocycles. The Morgan fingerprint density at radius 1 is 1.21 bits per heavy atom. The number of halogens is 1. The van der Waals surface area contributed by atoms with Gasteiger partial charge in [0.2, 0.25) is 12.2 Å². The zero-order valence-electron chi connectivity index (χ0n) is 22.2. The first-order chi connectivity index (χ1) is 18.2. The summed E-state index contributed by atoms with van der Waals surface area (Å²) in [6, 6.07) is 5.94. The molecule has 1 fully saturated rings. The summed E-state index contributed by atoms with van der Waals surface area (Å²) in [6.45, 7) is 8.40. The van der Waals surface area contributed by atoms with E-state index in [0.29, 0.717) is 55.8 Å². The second kappa shape index (κ2) is 10.8. The van der Waals surface area contributed by atoms with Crippen LogP contribution in [0.4, 0.5) is 4.79 Å². The smallest absolute Gasteiger partial charge is 0.422 e. The first-order valence-corrected chi connectivity index (χ1v) is 14.1. The fourth-order valence-electron chi connectivity index (χ4n) is 5.89. The van der Waals surface area contributed by atoms with Gasteiger partial charge in [-0.15, -0.1) is 0 Å². The molecule has 1 saturated heterocycles. The van der Waals surface area contributed by atoms with Crippen LogP contribution in [0.25, 0.3) is 16.5 Å². The van der Waals surface area contributed by atoms with Gasteiger partial charge in [-0.1, -0.05) is 18.2 Å². The number of fused-ring (bicyclic) bond motifs is 2. The predicted octanol–water partition coefficient (Wildman–Crippen LogP) is 4.05. The topological polar surface area (TPSA) is 90.3 Å². The van der Waals surface area contributed by atoms with Gasteiger partial charge in [0, 0.05) is 44.6 Å². The molecule has 1 aromatic carbocycles. The predicted molar refractivity (Wildman–Crippen MR) is 146 cm³/mol. The van der Waals surface area contributed by atoms with Crippen molar-refractivity contribution in [2.75, 3.05) is 39.9 Å². The first kappa shape index (κ1) is 26.9. The fraction of sp³-hybridized carbons (Fsp3) is 0.536. The number of rotatable bonds is 6. The van der Waals surface area contributed by atoms with Crippen LogP contribution in [0.3, 0.4) is 0 Å². The lowest BCUT2D eigenvalue weighted by atomic mass is 9.79. The summed E-state index contributed by atoms with van der Waals surface area (Å²) in [5, 5.41) is 0.968. The van der Waals surface area contributed by atoms with Gasteiger partial charge in [0.15, 0.2) is 0 Å². The van der Waals surface area contributed by atoms with E-state index < -0.39 is 18.4 Å². The Bertz CT molecular complexity index is 1290. The van der Waals surface area contributed by atoms with Gasteiger partial charge in [-0.25, -0.2) is 9.36 Å². The van der Waals surface area contributed by atoms with Crippen molar-refractivity contribution in [2.45, 2.75) is 45.9 Å². The molecule has 204 valence electrons. The highest BCUT2D eigenvalue weighted by Gasteiger charge is 2.39. The van der Waals surface area contributed by atoms with Gasteiger partial charge in [0.25, 0.3) is 0 Å². The van der Waals surface area contributed by atoms with Crippen molar-refractivity contribution in [1.29, 1.82) is 0 Å². The van der Waals surface area contributed by atoms with Gasteiger partial charge in [0.1, 0.15) is 0 Å². The van der Waals surface area contributed by atoms with Crippen molar-refractivity contribution < 1.29 is 28.6 Å². The molecule has 9 nitrogen and oxygen atoms in total. The second-order valence-corrected chi connectivity index (χ2v) is 10.9. The number of amides is 1. The van der Waals surface area contributed by atoms with E-state index >= 15 is 0 Å². The van der Waals surface area contributed by atoms with Crippen molar-refractivity contribution >= 4 is 50.4 Å². The van der Waals surface area contributed by atoms with Crippen molar-refractivity contribution in [2.24, 2.45) is 11.8 Å². The van der Waals surface area contributed by atoms with E-state index in [4.69, 9.17) is 14.2 Å². The number of hydrogen-bond acceptors (Lipinski definition) is 7. The van der Waals surface area contributed by atoms with Crippen molar-refractivity contribution in [3.05, 3.63) is 40.0 Å². The van der Waals surface area contributed by atoms with Crippen LogP contribution >= 0.6 is 15.9 Å². The molecular formula is C28H34BrN3O6. The molecule has 2 aliphatic heterocycles. The highest BCUT2D eigenvalue weighted by atomic mass is 79.9. The Balaban J connectivity index is 1.46. The van der Waals surface area contributed by atoms with Crippen LogP contribution < -0.4 is 0 Å². The largest absolute Gasteiger partial charge is 0.425 e. The number of carbonyl (C=O) groups excluding carboxylic acids is 3. The summed E-state index contributed by atoms with van der Waals surface area (Å²) >= 11 is 3.67. The number of benzene rings is 1. The van der Waals surface area contributed by atoms with Gasteiger partial charge in [-0.2, -0.15) is 0 Å². The van der Waals surface area contributed by atoms with Crippen LogP contribution in [0.15, 0.2) is 28.9 Å². The Morgan fingerprint density at radius 2 is 1.97 bits per heavy atom. The highest BCUT2D eigenvalue weighted by Crippen LogP contribution is 2.45. The number of nitrogens with zero attached hydrogens (tertiary/aromatic N) is 3. The minimum absolute atomic E-state index is 0.0885. The van der Waals surface area contributed by atoms with Crippen LogP contribution in [0.1, 0.15) is 38.3 Å². The van der Waals surface area contributed by atoms with E-state index in [1.807, 2.05) is 30.9 Å². The average Bonchev–Trinajstić information content (AvgIpc) is 3.53. The Hall–Kier alpha value is -2.69. The molecule has 0 radical (unpaired) electrons. The van der Waals surface area contributed by atoms with Gasteiger partial charge in [-0.3, -0.25) is 14.5 Å². The van der Waals surface area contributed by atoms with E-state index in [1.165, 1.54) is 11.5 Å². The molecule has 0 saturated carbocycles. The maximum atomic E-state index is 13.3. The molecule has 10 heteroatoms. The number of aromatic nitrogens is 1. The summed E-state index contributed by atoms with van der Waals surface area (Å²) in [5.74, 6) is -0.836. The lowest BCUT2D eigenvalue weighted by Crippen LogP contribution is -2.47. The standard InChI is InChI=1S/C28H34BrN3O6/c1-5-31(6-2)26(33)18-12-20-19-8-7-9-22-24(19)21(13-23(20)30(4)14-18)25(29)32(22)28(35)38-16(3)37-27(34)17-10-11-36-15-17/h7-9,12,16-18,23H,5-6,10-11,13-15H2,1-4H3/t16?,17?,18-,23-/m1/s1. The quantitative estimate of drug-likeness (QED) is 0.372. The highest BCUT2D eigenvalue weighted by molar-refractivity contribution is 9.10. The number of esters is 1. The molecular weight excluding hydrogens is 554 g/mol. The zero-order chi connectivity index (χ0) is 27.1. The molecule has 3 aliphatic rings. The molecule has 38 heavy (non-hydrogen) atoms. The van der Waals surface area contributed by atoms with E-state index in [9.17, 15) is 14.4 Å². The maximum Gasteiger partial charge on any atom is 0.422 e. The minimum atomic E-state index is -1.04. The molecule has 3 heterocycles. The van der Waals surface area contributed by atoms with Crippen molar-refractivity contribution in [3.8, 4) is 0 Å².